The lowest BCUT2D eigenvalue weighted by Gasteiger charge is -2.23. The number of hydrogen-bond donors (Lipinski definition) is 1. The van der Waals surface area contributed by atoms with E-state index in [2.05, 4.69) is 5.32 Å². The molecule has 2 aromatic carbocycles. The second-order valence-corrected chi connectivity index (χ2v) is 6.77. The molecule has 1 N–H and O–H groups in total. The summed E-state index contributed by atoms with van der Waals surface area (Å²) in [6, 6.07) is 15.1. The number of nitriles is 1. The first-order chi connectivity index (χ1) is 13.9. The van der Waals surface area contributed by atoms with Crippen molar-refractivity contribution in [2.75, 3.05) is 5.32 Å². The number of anilines is 1. The summed E-state index contributed by atoms with van der Waals surface area (Å²) in [7, 11) is 2.80. The van der Waals surface area contributed by atoms with Crippen molar-refractivity contribution in [3.8, 4) is 6.07 Å². The minimum absolute atomic E-state index is 0.0921. The maximum absolute atomic E-state index is 13.9. The van der Waals surface area contributed by atoms with E-state index in [9.17, 15) is 19.2 Å². The molecule has 1 aromatic heterocycles. The summed E-state index contributed by atoms with van der Waals surface area (Å²) in [5.41, 5.74) is 1.14. The van der Waals surface area contributed by atoms with Gasteiger partial charge in [-0.05, 0) is 35.2 Å². The zero-order chi connectivity index (χ0) is 21.1. The monoisotopic (exact) mass is 392 g/mol. The molecular weight excluding hydrogens is 371 g/mol. The fourth-order valence-electron chi connectivity index (χ4n) is 3.24. The molecule has 0 bridgehead atoms. The normalized spacial score (nSPS) is 11.7. The van der Waals surface area contributed by atoms with Crippen LogP contribution < -0.4 is 16.6 Å². The van der Waals surface area contributed by atoms with Crippen LogP contribution in [0.2, 0.25) is 0 Å². The van der Waals surface area contributed by atoms with E-state index in [1.807, 2.05) is 37.3 Å². The highest BCUT2D eigenvalue weighted by molar-refractivity contribution is 5.54. The van der Waals surface area contributed by atoms with Gasteiger partial charge in [0, 0.05) is 14.1 Å². The van der Waals surface area contributed by atoms with Crippen LogP contribution in [0.25, 0.3) is 0 Å². The molecule has 3 aromatic rings. The minimum atomic E-state index is -0.683. The van der Waals surface area contributed by atoms with Crippen LogP contribution in [0.5, 0.6) is 0 Å². The first-order valence-electron chi connectivity index (χ1n) is 9.18. The zero-order valence-electron chi connectivity index (χ0n) is 16.4. The average Bonchev–Trinajstić information content (AvgIpc) is 2.74. The van der Waals surface area contributed by atoms with Crippen molar-refractivity contribution in [1.82, 2.24) is 9.13 Å². The molecule has 7 heteroatoms. The van der Waals surface area contributed by atoms with Gasteiger partial charge in [0.2, 0.25) is 0 Å². The van der Waals surface area contributed by atoms with E-state index >= 15 is 0 Å². The van der Waals surface area contributed by atoms with Crippen LogP contribution >= 0.6 is 0 Å². The van der Waals surface area contributed by atoms with Gasteiger partial charge in [-0.15, -0.1) is 0 Å². The van der Waals surface area contributed by atoms with Crippen LogP contribution in [-0.2, 0) is 20.5 Å². The van der Waals surface area contributed by atoms with Gasteiger partial charge in [0.25, 0.3) is 5.56 Å². The highest BCUT2D eigenvalue weighted by Crippen LogP contribution is 2.28. The molecule has 0 aliphatic rings. The van der Waals surface area contributed by atoms with Gasteiger partial charge < -0.3 is 5.32 Å². The molecule has 0 aliphatic carbocycles. The van der Waals surface area contributed by atoms with Gasteiger partial charge in [-0.2, -0.15) is 5.26 Å². The van der Waals surface area contributed by atoms with Crippen molar-refractivity contribution in [3.63, 3.8) is 0 Å². The molecule has 0 amide bonds. The predicted octanol–water partition coefficient (Wildman–Crippen LogP) is 2.86. The molecule has 0 unspecified atom stereocenters. The summed E-state index contributed by atoms with van der Waals surface area (Å²) >= 11 is 0. The first-order valence-corrected chi connectivity index (χ1v) is 9.18. The second-order valence-electron chi connectivity index (χ2n) is 6.77. The van der Waals surface area contributed by atoms with Crippen molar-refractivity contribution in [2.24, 2.45) is 14.1 Å². The van der Waals surface area contributed by atoms with Crippen LogP contribution in [0.1, 0.15) is 35.2 Å². The van der Waals surface area contributed by atoms with Crippen LogP contribution in [0, 0.1) is 17.1 Å². The number of rotatable bonds is 5. The van der Waals surface area contributed by atoms with E-state index in [0.717, 1.165) is 22.1 Å². The molecule has 148 valence electrons. The van der Waals surface area contributed by atoms with Crippen molar-refractivity contribution in [1.29, 1.82) is 5.26 Å². The summed E-state index contributed by atoms with van der Waals surface area (Å²) < 4.78 is 16.0. The van der Waals surface area contributed by atoms with E-state index in [1.54, 1.807) is 12.1 Å². The van der Waals surface area contributed by atoms with Crippen molar-refractivity contribution in [3.05, 3.63) is 97.4 Å². The third kappa shape index (κ3) is 3.83. The highest BCUT2D eigenvalue weighted by Gasteiger charge is 2.21. The second kappa shape index (κ2) is 8.15. The number of hydrogen-bond acceptors (Lipinski definition) is 4. The van der Waals surface area contributed by atoms with Gasteiger partial charge in [-0.3, -0.25) is 13.9 Å². The Kier molecular flexibility index (Phi) is 5.64. The smallest absolute Gasteiger partial charge is 0.332 e. The number of halogens is 1. The predicted molar refractivity (Wildman–Crippen MR) is 109 cm³/mol. The van der Waals surface area contributed by atoms with Crippen molar-refractivity contribution < 1.29 is 4.39 Å². The standard InChI is InChI=1S/C22H21FN4O2/c1-4-14-8-10-15(11-9-14)19(16-6-5-7-17(23)12-16)25-20-18(13-24)21(28)27(3)22(29)26(20)2/h5-12,19,25H,4H2,1-3H3/t19-/m1/s1. The highest BCUT2D eigenvalue weighted by atomic mass is 19.1. The molecule has 0 radical (unpaired) electrons. The molecule has 29 heavy (non-hydrogen) atoms. The number of aryl methyl sites for hydroxylation is 1. The van der Waals surface area contributed by atoms with Gasteiger partial charge in [-0.25, -0.2) is 9.18 Å². The molecule has 0 fully saturated rings. The Balaban J connectivity index is 2.20. The molecule has 3 rings (SSSR count). The van der Waals surface area contributed by atoms with E-state index in [0.29, 0.717) is 5.56 Å². The molecular formula is C22H21FN4O2. The maximum atomic E-state index is 13.9. The van der Waals surface area contributed by atoms with E-state index in [-0.39, 0.29) is 11.4 Å². The Bertz CT molecular complexity index is 1200. The fourth-order valence-corrected chi connectivity index (χ4v) is 3.24. The summed E-state index contributed by atoms with van der Waals surface area (Å²) in [6.07, 6.45) is 0.875. The SMILES string of the molecule is CCc1ccc([C@@H](Nc2c(C#N)c(=O)n(C)c(=O)n2C)c2cccc(F)c2)cc1. The fraction of sp³-hybridized carbons (Fsp3) is 0.227. The van der Waals surface area contributed by atoms with Crippen LogP contribution in [0.3, 0.4) is 0 Å². The Morgan fingerprint density at radius 2 is 1.76 bits per heavy atom. The van der Waals surface area contributed by atoms with Gasteiger partial charge in [0.1, 0.15) is 17.7 Å². The Labute approximate surface area is 167 Å². The molecule has 1 atom stereocenters. The van der Waals surface area contributed by atoms with E-state index in [1.165, 1.54) is 30.8 Å². The third-order valence-electron chi connectivity index (χ3n) is 4.96. The van der Waals surface area contributed by atoms with Crippen molar-refractivity contribution in [2.45, 2.75) is 19.4 Å². The van der Waals surface area contributed by atoms with Gasteiger partial charge >= 0.3 is 5.69 Å². The molecule has 0 saturated heterocycles. The van der Waals surface area contributed by atoms with Crippen LogP contribution in [0.15, 0.2) is 58.1 Å². The van der Waals surface area contributed by atoms with Gasteiger partial charge in [0.15, 0.2) is 5.56 Å². The molecule has 1 heterocycles. The zero-order valence-corrected chi connectivity index (χ0v) is 16.4. The summed E-state index contributed by atoms with van der Waals surface area (Å²) in [6.45, 7) is 2.05. The third-order valence-corrected chi connectivity index (χ3v) is 4.96. The topological polar surface area (TPSA) is 79.8 Å². The summed E-state index contributed by atoms with van der Waals surface area (Å²) in [5, 5.41) is 12.7. The largest absolute Gasteiger partial charge is 0.359 e. The number of aromatic nitrogens is 2. The van der Waals surface area contributed by atoms with Crippen LogP contribution in [-0.4, -0.2) is 9.13 Å². The Morgan fingerprint density at radius 1 is 1.07 bits per heavy atom. The number of benzene rings is 2. The van der Waals surface area contributed by atoms with Crippen LogP contribution in [0.4, 0.5) is 10.2 Å². The Hall–Kier alpha value is -3.66. The van der Waals surface area contributed by atoms with Gasteiger partial charge in [0.05, 0.1) is 6.04 Å². The lowest BCUT2D eigenvalue weighted by Crippen LogP contribution is -2.40. The maximum Gasteiger partial charge on any atom is 0.332 e. The quantitative estimate of drug-likeness (QED) is 0.724. The minimum Gasteiger partial charge on any atom is -0.359 e. The lowest BCUT2D eigenvalue weighted by atomic mass is 9.97. The summed E-state index contributed by atoms with van der Waals surface area (Å²) in [4.78, 5) is 24.8. The first kappa shape index (κ1) is 20.1. The number of nitrogens with one attached hydrogen (secondary N) is 1. The van der Waals surface area contributed by atoms with Crippen molar-refractivity contribution >= 4 is 5.82 Å². The molecule has 0 aliphatic heterocycles. The Morgan fingerprint density at radius 3 is 2.34 bits per heavy atom. The average molecular weight is 392 g/mol. The van der Waals surface area contributed by atoms with Gasteiger partial charge in [-0.1, -0.05) is 43.3 Å². The molecule has 6 nitrogen and oxygen atoms in total. The number of nitrogens with zero attached hydrogens (tertiary/aromatic N) is 3. The molecule has 0 spiro atoms. The van der Waals surface area contributed by atoms with E-state index in [4.69, 9.17) is 0 Å². The molecule has 0 saturated carbocycles. The van der Waals surface area contributed by atoms with E-state index < -0.39 is 23.1 Å². The lowest BCUT2D eigenvalue weighted by molar-refractivity contribution is 0.624. The summed E-state index contributed by atoms with van der Waals surface area (Å²) in [5.74, 6) is -0.313.